The summed E-state index contributed by atoms with van der Waals surface area (Å²) in [6, 6.07) is 18.4. The topological polar surface area (TPSA) is 37.3 Å². The summed E-state index contributed by atoms with van der Waals surface area (Å²) in [5.41, 5.74) is 7.20. The Morgan fingerprint density at radius 3 is 2.19 bits per heavy atom. The van der Waals surface area contributed by atoms with Crippen LogP contribution < -0.4 is 10.2 Å². The molecule has 0 unspecified atom stereocenters. The summed E-state index contributed by atoms with van der Waals surface area (Å²) in [7, 11) is 4.02. The average Bonchev–Trinajstić information content (AvgIpc) is 2.95. The zero-order valence-corrected chi connectivity index (χ0v) is 16.7. The van der Waals surface area contributed by atoms with Gasteiger partial charge >= 0.3 is 0 Å². The molecule has 1 heterocycles. The van der Waals surface area contributed by atoms with Crippen LogP contribution in [0.2, 0.25) is 0 Å². The molecule has 0 fully saturated rings. The SMILES string of the molecule is Cc1ccc(-n2c(C)cc(C(=O)CNc3ccc(N(C)C)cc3)c2C)cc1. The zero-order chi connectivity index (χ0) is 19.6. The van der Waals surface area contributed by atoms with Crippen molar-refractivity contribution in [1.82, 2.24) is 4.57 Å². The lowest BCUT2D eigenvalue weighted by Crippen LogP contribution is -2.15. The molecule has 0 saturated carbocycles. The van der Waals surface area contributed by atoms with Gasteiger partial charge in [-0.05, 0) is 63.2 Å². The number of anilines is 2. The second kappa shape index (κ2) is 7.70. The van der Waals surface area contributed by atoms with Gasteiger partial charge in [0.15, 0.2) is 5.78 Å². The van der Waals surface area contributed by atoms with Crippen molar-refractivity contribution < 1.29 is 4.79 Å². The smallest absolute Gasteiger partial charge is 0.183 e. The van der Waals surface area contributed by atoms with Gasteiger partial charge in [0.25, 0.3) is 0 Å². The summed E-state index contributed by atoms with van der Waals surface area (Å²) >= 11 is 0. The Hall–Kier alpha value is -3.01. The van der Waals surface area contributed by atoms with Crippen molar-refractivity contribution in [2.75, 3.05) is 30.9 Å². The predicted molar refractivity (Wildman–Crippen MR) is 114 cm³/mol. The minimum atomic E-state index is 0.0955. The second-order valence-corrected chi connectivity index (χ2v) is 7.17. The number of nitrogens with zero attached hydrogens (tertiary/aromatic N) is 2. The molecule has 140 valence electrons. The number of benzene rings is 2. The third kappa shape index (κ3) is 4.05. The molecule has 0 bridgehead atoms. The van der Waals surface area contributed by atoms with Crippen LogP contribution in [0.25, 0.3) is 5.69 Å². The first kappa shape index (κ1) is 18.8. The molecular weight excluding hydrogens is 334 g/mol. The second-order valence-electron chi connectivity index (χ2n) is 7.17. The van der Waals surface area contributed by atoms with E-state index in [9.17, 15) is 4.79 Å². The summed E-state index contributed by atoms with van der Waals surface area (Å²) in [6.07, 6.45) is 0. The van der Waals surface area contributed by atoms with E-state index in [1.165, 1.54) is 5.56 Å². The average molecular weight is 361 g/mol. The molecule has 3 aromatic rings. The van der Waals surface area contributed by atoms with Gasteiger partial charge in [-0.3, -0.25) is 4.79 Å². The largest absolute Gasteiger partial charge is 0.378 e. The van der Waals surface area contributed by atoms with Crippen molar-refractivity contribution >= 4 is 17.2 Å². The van der Waals surface area contributed by atoms with Crippen LogP contribution in [-0.2, 0) is 0 Å². The van der Waals surface area contributed by atoms with Gasteiger partial charge in [-0.15, -0.1) is 0 Å². The van der Waals surface area contributed by atoms with Crippen molar-refractivity contribution in [3.63, 3.8) is 0 Å². The third-order valence-corrected chi connectivity index (χ3v) is 4.86. The minimum absolute atomic E-state index is 0.0955. The Kier molecular flexibility index (Phi) is 5.36. The lowest BCUT2D eigenvalue weighted by atomic mass is 10.1. The van der Waals surface area contributed by atoms with E-state index in [4.69, 9.17) is 0 Å². The number of aryl methyl sites for hydroxylation is 2. The van der Waals surface area contributed by atoms with Crippen molar-refractivity contribution in [3.05, 3.63) is 77.1 Å². The Morgan fingerprint density at radius 2 is 1.59 bits per heavy atom. The van der Waals surface area contributed by atoms with Gasteiger partial charge in [-0.2, -0.15) is 0 Å². The van der Waals surface area contributed by atoms with Crippen LogP contribution >= 0.6 is 0 Å². The van der Waals surface area contributed by atoms with Crippen molar-refractivity contribution in [1.29, 1.82) is 0 Å². The summed E-state index contributed by atoms with van der Waals surface area (Å²) in [5.74, 6) is 0.0955. The Bertz CT molecular complexity index is 935. The zero-order valence-electron chi connectivity index (χ0n) is 16.7. The molecule has 1 aromatic heterocycles. The first-order valence-corrected chi connectivity index (χ1v) is 9.17. The molecule has 0 aliphatic carbocycles. The van der Waals surface area contributed by atoms with Crippen LogP contribution in [0.4, 0.5) is 11.4 Å². The fourth-order valence-corrected chi connectivity index (χ4v) is 3.29. The highest BCUT2D eigenvalue weighted by molar-refractivity contribution is 6.00. The number of Topliss-reactive ketones (excluding diaryl/α,β-unsaturated/α-hetero) is 1. The van der Waals surface area contributed by atoms with E-state index in [2.05, 4.69) is 46.0 Å². The van der Waals surface area contributed by atoms with Crippen molar-refractivity contribution in [3.8, 4) is 5.69 Å². The first-order chi connectivity index (χ1) is 12.9. The highest BCUT2D eigenvalue weighted by Crippen LogP contribution is 2.22. The molecule has 0 aliphatic heterocycles. The Balaban J connectivity index is 1.75. The van der Waals surface area contributed by atoms with E-state index < -0.39 is 0 Å². The molecule has 27 heavy (non-hydrogen) atoms. The van der Waals surface area contributed by atoms with Crippen LogP contribution in [0.15, 0.2) is 54.6 Å². The minimum Gasteiger partial charge on any atom is -0.378 e. The number of hydrogen-bond donors (Lipinski definition) is 1. The highest BCUT2D eigenvalue weighted by atomic mass is 16.1. The Labute approximate surface area is 161 Å². The number of carbonyl (C=O) groups excluding carboxylic acids is 1. The van der Waals surface area contributed by atoms with Gasteiger partial charge in [0.1, 0.15) is 0 Å². The van der Waals surface area contributed by atoms with E-state index in [-0.39, 0.29) is 12.3 Å². The van der Waals surface area contributed by atoms with E-state index >= 15 is 0 Å². The normalized spacial score (nSPS) is 10.7. The summed E-state index contributed by atoms with van der Waals surface area (Å²) in [5, 5.41) is 3.23. The fourth-order valence-electron chi connectivity index (χ4n) is 3.29. The summed E-state index contributed by atoms with van der Waals surface area (Å²) in [4.78, 5) is 14.8. The molecule has 3 rings (SSSR count). The predicted octanol–water partition coefficient (Wildman–Crippen LogP) is 4.76. The summed E-state index contributed by atoms with van der Waals surface area (Å²) in [6.45, 7) is 6.40. The van der Waals surface area contributed by atoms with Gasteiger partial charge < -0.3 is 14.8 Å². The molecule has 0 spiro atoms. The van der Waals surface area contributed by atoms with E-state index in [1.807, 2.05) is 58.3 Å². The van der Waals surface area contributed by atoms with Gasteiger partial charge in [0.05, 0.1) is 6.54 Å². The standard InChI is InChI=1S/C23H27N3O/c1-16-6-10-21(11-7-16)26-17(2)14-22(18(26)3)23(27)15-24-19-8-12-20(13-9-19)25(4)5/h6-14,24H,15H2,1-5H3. The van der Waals surface area contributed by atoms with Gasteiger partial charge in [-0.1, -0.05) is 17.7 Å². The van der Waals surface area contributed by atoms with Crippen LogP contribution in [-0.4, -0.2) is 31.0 Å². The van der Waals surface area contributed by atoms with Gasteiger partial charge in [0.2, 0.25) is 0 Å². The molecule has 2 aromatic carbocycles. The van der Waals surface area contributed by atoms with Crippen molar-refractivity contribution in [2.24, 2.45) is 0 Å². The maximum Gasteiger partial charge on any atom is 0.183 e. The molecule has 0 amide bonds. The maximum absolute atomic E-state index is 12.8. The number of carbonyl (C=O) groups is 1. The molecule has 4 nitrogen and oxygen atoms in total. The van der Waals surface area contributed by atoms with Gasteiger partial charge in [0, 0.05) is 48.1 Å². The number of rotatable bonds is 6. The first-order valence-electron chi connectivity index (χ1n) is 9.17. The summed E-state index contributed by atoms with van der Waals surface area (Å²) < 4.78 is 2.14. The van der Waals surface area contributed by atoms with E-state index in [1.54, 1.807) is 0 Å². The molecule has 0 aliphatic rings. The Morgan fingerprint density at radius 1 is 0.963 bits per heavy atom. The van der Waals surface area contributed by atoms with Crippen LogP contribution in [0, 0.1) is 20.8 Å². The quantitative estimate of drug-likeness (QED) is 0.643. The molecule has 4 heteroatoms. The number of nitrogens with one attached hydrogen (secondary N) is 1. The third-order valence-electron chi connectivity index (χ3n) is 4.86. The molecule has 0 saturated heterocycles. The number of ketones is 1. The van der Waals surface area contributed by atoms with Crippen molar-refractivity contribution in [2.45, 2.75) is 20.8 Å². The van der Waals surface area contributed by atoms with Crippen LogP contribution in [0.3, 0.4) is 0 Å². The lowest BCUT2D eigenvalue weighted by molar-refractivity contribution is 0.101. The monoisotopic (exact) mass is 361 g/mol. The lowest BCUT2D eigenvalue weighted by Gasteiger charge is -2.13. The molecule has 0 atom stereocenters. The fraction of sp³-hybridized carbons (Fsp3) is 0.261. The number of hydrogen-bond acceptors (Lipinski definition) is 3. The number of aromatic nitrogens is 1. The van der Waals surface area contributed by atoms with E-state index in [0.29, 0.717) is 0 Å². The van der Waals surface area contributed by atoms with Crippen LogP contribution in [0.1, 0.15) is 27.3 Å². The molecular formula is C23H27N3O. The molecule has 1 N–H and O–H groups in total. The van der Waals surface area contributed by atoms with Gasteiger partial charge in [-0.25, -0.2) is 0 Å². The molecule has 0 radical (unpaired) electrons. The van der Waals surface area contributed by atoms with Crippen LogP contribution in [0.5, 0.6) is 0 Å². The maximum atomic E-state index is 12.8. The highest BCUT2D eigenvalue weighted by Gasteiger charge is 2.16. The van der Waals surface area contributed by atoms with E-state index in [0.717, 1.165) is 34.0 Å².